The molecule has 0 radical (unpaired) electrons. The van der Waals surface area contributed by atoms with Crippen LogP contribution in [0.3, 0.4) is 0 Å². The van der Waals surface area contributed by atoms with Gasteiger partial charge in [-0.25, -0.2) is 4.98 Å². The molecule has 0 unspecified atom stereocenters. The van der Waals surface area contributed by atoms with E-state index in [0.29, 0.717) is 6.54 Å². The van der Waals surface area contributed by atoms with Crippen LogP contribution in [-0.4, -0.2) is 33.7 Å². The summed E-state index contributed by atoms with van der Waals surface area (Å²) >= 11 is 0. The molecule has 0 bridgehead atoms. The van der Waals surface area contributed by atoms with Crippen molar-refractivity contribution >= 4 is 17.0 Å². The van der Waals surface area contributed by atoms with Crippen LogP contribution < -0.4 is 10.2 Å². The van der Waals surface area contributed by atoms with Crippen molar-refractivity contribution in [2.75, 3.05) is 23.3 Å². The average Bonchev–Trinajstić information content (AvgIpc) is 3.03. The van der Waals surface area contributed by atoms with Gasteiger partial charge in [-0.3, -0.25) is 0 Å². The van der Waals surface area contributed by atoms with E-state index >= 15 is 0 Å². The van der Waals surface area contributed by atoms with Crippen molar-refractivity contribution in [1.82, 2.24) is 9.38 Å². The van der Waals surface area contributed by atoms with Crippen molar-refractivity contribution in [3.8, 4) is 0 Å². The van der Waals surface area contributed by atoms with Crippen LogP contribution in [0.2, 0.25) is 0 Å². The van der Waals surface area contributed by atoms with Crippen LogP contribution >= 0.6 is 0 Å². The molecule has 5 heteroatoms. The molecule has 4 rings (SSSR count). The molecule has 1 saturated heterocycles. The van der Waals surface area contributed by atoms with E-state index in [1.54, 1.807) is 0 Å². The van der Waals surface area contributed by atoms with Crippen LogP contribution in [0.4, 0.5) is 11.4 Å². The Hall–Kier alpha value is -2.53. The lowest BCUT2D eigenvalue weighted by Crippen LogP contribution is -2.36. The second kappa shape index (κ2) is 6.76. The number of rotatable bonds is 4. The molecule has 130 valence electrons. The zero-order chi connectivity index (χ0) is 17.2. The molecule has 1 aliphatic rings. The largest absolute Gasteiger partial charge is 0.393 e. The quantitative estimate of drug-likeness (QED) is 0.768. The number of aryl methyl sites for hydroxylation is 1. The Labute approximate surface area is 147 Å². The van der Waals surface area contributed by atoms with Gasteiger partial charge >= 0.3 is 0 Å². The molecule has 2 aromatic heterocycles. The molecular formula is C20H24N4O. The Morgan fingerprint density at radius 1 is 1.12 bits per heavy atom. The number of aromatic nitrogens is 2. The lowest BCUT2D eigenvalue weighted by atomic mass is 10.1. The SMILES string of the molecule is Cc1ccc2nc(CNc3ccccc3N3CCC(O)CC3)cn2c1. The lowest BCUT2D eigenvalue weighted by molar-refractivity contribution is 0.145. The van der Waals surface area contributed by atoms with E-state index in [9.17, 15) is 5.11 Å². The Balaban J connectivity index is 1.50. The van der Waals surface area contributed by atoms with E-state index in [1.807, 2.05) is 6.07 Å². The van der Waals surface area contributed by atoms with Gasteiger partial charge < -0.3 is 19.7 Å². The van der Waals surface area contributed by atoms with Crippen molar-refractivity contribution in [1.29, 1.82) is 0 Å². The van der Waals surface area contributed by atoms with Crippen LogP contribution in [-0.2, 0) is 6.54 Å². The summed E-state index contributed by atoms with van der Waals surface area (Å²) < 4.78 is 2.07. The molecule has 1 fully saturated rings. The number of fused-ring (bicyclic) bond motifs is 1. The average molecular weight is 336 g/mol. The van der Waals surface area contributed by atoms with Gasteiger partial charge in [-0.05, 0) is 43.5 Å². The Morgan fingerprint density at radius 3 is 2.76 bits per heavy atom. The predicted octanol–water partition coefficient (Wildman–Crippen LogP) is 3.22. The number of pyridine rings is 1. The third-order valence-corrected chi connectivity index (χ3v) is 4.82. The number of anilines is 2. The maximum absolute atomic E-state index is 9.73. The Bertz CT molecular complexity index is 865. The molecule has 0 atom stereocenters. The Kier molecular flexibility index (Phi) is 4.32. The number of nitrogens with one attached hydrogen (secondary N) is 1. The molecule has 0 saturated carbocycles. The zero-order valence-corrected chi connectivity index (χ0v) is 14.5. The summed E-state index contributed by atoms with van der Waals surface area (Å²) in [7, 11) is 0. The van der Waals surface area contributed by atoms with Crippen LogP contribution in [0.5, 0.6) is 0 Å². The molecule has 1 aliphatic heterocycles. The van der Waals surface area contributed by atoms with Gasteiger partial charge in [-0.1, -0.05) is 18.2 Å². The smallest absolute Gasteiger partial charge is 0.137 e. The van der Waals surface area contributed by atoms with E-state index in [2.05, 4.69) is 69.3 Å². The predicted molar refractivity (Wildman–Crippen MR) is 101 cm³/mol. The third-order valence-electron chi connectivity index (χ3n) is 4.82. The molecule has 5 nitrogen and oxygen atoms in total. The molecule has 0 aliphatic carbocycles. The van der Waals surface area contributed by atoms with Gasteiger partial charge in [0.2, 0.25) is 0 Å². The van der Waals surface area contributed by atoms with Gasteiger partial charge in [0.05, 0.1) is 29.7 Å². The van der Waals surface area contributed by atoms with Crippen molar-refractivity contribution in [3.05, 3.63) is 60.0 Å². The number of hydrogen-bond acceptors (Lipinski definition) is 4. The molecule has 0 amide bonds. The van der Waals surface area contributed by atoms with Crippen molar-refractivity contribution in [2.24, 2.45) is 0 Å². The standard InChI is InChI=1S/C20H24N4O/c1-15-6-7-20-22-16(14-24(20)13-15)12-21-18-4-2-3-5-19(18)23-10-8-17(25)9-11-23/h2-7,13-14,17,21,25H,8-12H2,1H3. The normalized spacial score (nSPS) is 15.7. The summed E-state index contributed by atoms with van der Waals surface area (Å²) in [5.74, 6) is 0. The van der Waals surface area contributed by atoms with Crippen LogP contribution in [0.25, 0.3) is 5.65 Å². The summed E-state index contributed by atoms with van der Waals surface area (Å²) in [4.78, 5) is 7.02. The number of benzene rings is 1. The monoisotopic (exact) mass is 336 g/mol. The first-order chi connectivity index (χ1) is 12.2. The van der Waals surface area contributed by atoms with Crippen LogP contribution in [0.15, 0.2) is 48.8 Å². The maximum atomic E-state index is 9.73. The van der Waals surface area contributed by atoms with Gasteiger partial charge in [0.25, 0.3) is 0 Å². The first kappa shape index (κ1) is 16.0. The molecule has 25 heavy (non-hydrogen) atoms. The molecule has 2 N–H and O–H groups in total. The van der Waals surface area contributed by atoms with Gasteiger partial charge in [-0.2, -0.15) is 0 Å². The topological polar surface area (TPSA) is 52.8 Å². The minimum absolute atomic E-state index is 0.155. The van der Waals surface area contributed by atoms with Crippen molar-refractivity contribution in [3.63, 3.8) is 0 Å². The first-order valence-corrected chi connectivity index (χ1v) is 8.89. The Morgan fingerprint density at radius 2 is 1.92 bits per heavy atom. The van der Waals surface area contributed by atoms with Crippen LogP contribution in [0.1, 0.15) is 24.1 Å². The van der Waals surface area contributed by atoms with Gasteiger partial charge in [0, 0.05) is 25.5 Å². The number of aliphatic hydroxyl groups excluding tert-OH is 1. The summed E-state index contributed by atoms with van der Waals surface area (Å²) in [6.45, 7) is 4.57. The highest BCUT2D eigenvalue weighted by atomic mass is 16.3. The van der Waals surface area contributed by atoms with E-state index in [1.165, 1.54) is 11.3 Å². The minimum atomic E-state index is -0.155. The second-order valence-electron chi connectivity index (χ2n) is 6.79. The number of piperidine rings is 1. The highest BCUT2D eigenvalue weighted by Crippen LogP contribution is 2.28. The first-order valence-electron chi connectivity index (χ1n) is 8.89. The summed E-state index contributed by atoms with van der Waals surface area (Å²) in [6, 6.07) is 12.5. The fraction of sp³-hybridized carbons (Fsp3) is 0.350. The highest BCUT2D eigenvalue weighted by Gasteiger charge is 2.19. The molecule has 1 aromatic carbocycles. The highest BCUT2D eigenvalue weighted by molar-refractivity contribution is 5.70. The van der Waals surface area contributed by atoms with Crippen molar-refractivity contribution < 1.29 is 5.11 Å². The summed E-state index contributed by atoms with van der Waals surface area (Å²) in [6.07, 6.45) is 5.69. The molecular weight excluding hydrogens is 312 g/mol. The van der Waals surface area contributed by atoms with E-state index in [4.69, 9.17) is 0 Å². The van der Waals surface area contributed by atoms with E-state index in [0.717, 1.165) is 43.0 Å². The maximum Gasteiger partial charge on any atom is 0.137 e. The summed E-state index contributed by atoms with van der Waals surface area (Å²) in [5.41, 5.74) is 5.54. The van der Waals surface area contributed by atoms with Crippen molar-refractivity contribution in [2.45, 2.75) is 32.4 Å². The fourth-order valence-electron chi connectivity index (χ4n) is 3.43. The summed E-state index contributed by atoms with van der Waals surface area (Å²) in [5, 5.41) is 13.3. The fourth-order valence-corrected chi connectivity index (χ4v) is 3.43. The van der Waals surface area contributed by atoms with E-state index in [-0.39, 0.29) is 6.10 Å². The number of aliphatic hydroxyl groups is 1. The number of imidazole rings is 1. The lowest BCUT2D eigenvalue weighted by Gasteiger charge is -2.32. The molecule has 3 heterocycles. The second-order valence-corrected chi connectivity index (χ2v) is 6.79. The molecule has 0 spiro atoms. The van der Waals surface area contributed by atoms with E-state index < -0.39 is 0 Å². The number of hydrogen-bond donors (Lipinski definition) is 2. The third kappa shape index (κ3) is 3.46. The number of nitrogens with zero attached hydrogens (tertiary/aromatic N) is 3. The van der Waals surface area contributed by atoms with Gasteiger partial charge in [0.1, 0.15) is 5.65 Å². The minimum Gasteiger partial charge on any atom is -0.393 e. The van der Waals surface area contributed by atoms with Crippen LogP contribution in [0, 0.1) is 6.92 Å². The van der Waals surface area contributed by atoms with Gasteiger partial charge in [0.15, 0.2) is 0 Å². The number of para-hydroxylation sites is 2. The molecule has 3 aromatic rings. The zero-order valence-electron chi connectivity index (χ0n) is 14.5. The van der Waals surface area contributed by atoms with Gasteiger partial charge in [-0.15, -0.1) is 0 Å².